The van der Waals surface area contributed by atoms with E-state index < -0.39 is 10.0 Å². The summed E-state index contributed by atoms with van der Waals surface area (Å²) in [4.78, 5) is 4.41. The Bertz CT molecular complexity index is 449. The van der Waals surface area contributed by atoms with Gasteiger partial charge in [-0.05, 0) is 5.92 Å². The molecule has 90 valence electrons. The number of nitrogens with one attached hydrogen (secondary N) is 1. The van der Waals surface area contributed by atoms with Gasteiger partial charge in [0.1, 0.15) is 0 Å². The number of hydrogen-bond donors (Lipinski definition) is 1. The predicted molar refractivity (Wildman–Crippen MR) is 67.0 cm³/mol. The molecule has 1 heterocycles. The van der Waals surface area contributed by atoms with E-state index in [2.05, 4.69) is 30.1 Å². The lowest BCUT2D eigenvalue weighted by Gasteiger charge is -2.00. The summed E-state index contributed by atoms with van der Waals surface area (Å²) in [5.41, 5.74) is 1.06. The van der Waals surface area contributed by atoms with Crippen LogP contribution < -0.4 is 4.72 Å². The SMILES string of the molecule is C=CS(=O)(=O)NCCc1nc(C(C)C)cs1. The van der Waals surface area contributed by atoms with Gasteiger partial charge in [-0.15, -0.1) is 11.3 Å². The second-order valence-corrected chi connectivity index (χ2v) is 6.33. The molecular formula is C10H16N2O2S2. The lowest BCUT2D eigenvalue weighted by atomic mass is 10.2. The molecule has 0 radical (unpaired) electrons. The Morgan fingerprint density at radius 3 is 2.81 bits per heavy atom. The molecule has 16 heavy (non-hydrogen) atoms. The highest BCUT2D eigenvalue weighted by atomic mass is 32.2. The standard InChI is InChI=1S/C10H16N2O2S2/c1-4-16(13,14)11-6-5-10-12-9(7-15-10)8(2)3/h4,7-8,11H,1,5-6H2,2-3H3. The van der Waals surface area contributed by atoms with Crippen LogP contribution in [0.25, 0.3) is 0 Å². The molecule has 0 aliphatic heterocycles. The lowest BCUT2D eigenvalue weighted by molar-refractivity contribution is 0.591. The fourth-order valence-electron chi connectivity index (χ4n) is 1.06. The molecule has 0 atom stereocenters. The zero-order valence-corrected chi connectivity index (χ0v) is 11.1. The molecule has 0 spiro atoms. The zero-order chi connectivity index (χ0) is 12.2. The van der Waals surface area contributed by atoms with Crippen LogP contribution in [0.1, 0.15) is 30.5 Å². The number of aromatic nitrogens is 1. The van der Waals surface area contributed by atoms with Crippen LogP contribution in [0.2, 0.25) is 0 Å². The van der Waals surface area contributed by atoms with Crippen LogP contribution >= 0.6 is 11.3 Å². The fraction of sp³-hybridized carbons (Fsp3) is 0.500. The summed E-state index contributed by atoms with van der Waals surface area (Å²) in [6.07, 6.45) is 0.616. The Balaban J connectivity index is 2.46. The van der Waals surface area contributed by atoms with E-state index in [0.29, 0.717) is 18.9 Å². The van der Waals surface area contributed by atoms with Crippen molar-refractivity contribution in [2.75, 3.05) is 6.54 Å². The lowest BCUT2D eigenvalue weighted by Crippen LogP contribution is -2.23. The molecule has 0 aliphatic carbocycles. The maximum atomic E-state index is 11.1. The van der Waals surface area contributed by atoms with Gasteiger partial charge in [0.2, 0.25) is 10.0 Å². The Hall–Kier alpha value is -0.720. The maximum absolute atomic E-state index is 11.1. The molecule has 0 saturated heterocycles. The average Bonchev–Trinajstić information content (AvgIpc) is 2.66. The molecule has 1 aromatic rings. The van der Waals surface area contributed by atoms with E-state index in [1.165, 1.54) is 0 Å². The molecule has 4 nitrogen and oxygen atoms in total. The van der Waals surface area contributed by atoms with Crippen molar-refractivity contribution in [2.24, 2.45) is 0 Å². The Labute approximate surface area is 100 Å². The summed E-state index contributed by atoms with van der Waals surface area (Å²) in [6.45, 7) is 7.75. The highest BCUT2D eigenvalue weighted by molar-refractivity contribution is 7.92. The van der Waals surface area contributed by atoms with E-state index in [9.17, 15) is 8.42 Å². The molecule has 0 bridgehead atoms. The van der Waals surface area contributed by atoms with E-state index in [1.54, 1.807) is 11.3 Å². The Morgan fingerprint density at radius 2 is 2.31 bits per heavy atom. The van der Waals surface area contributed by atoms with Crippen LogP contribution in [0.3, 0.4) is 0 Å². The van der Waals surface area contributed by atoms with Gasteiger partial charge in [-0.1, -0.05) is 20.4 Å². The van der Waals surface area contributed by atoms with Crippen molar-refractivity contribution in [3.8, 4) is 0 Å². The molecule has 0 saturated carbocycles. The van der Waals surface area contributed by atoms with Crippen LogP contribution in [-0.4, -0.2) is 19.9 Å². The number of nitrogens with zero attached hydrogens (tertiary/aromatic N) is 1. The second-order valence-electron chi connectivity index (χ2n) is 3.68. The normalized spacial score (nSPS) is 11.9. The maximum Gasteiger partial charge on any atom is 0.233 e. The van der Waals surface area contributed by atoms with Gasteiger partial charge in [-0.3, -0.25) is 0 Å². The third-order valence-corrected chi connectivity index (χ3v) is 3.99. The molecule has 0 aliphatic rings. The minimum Gasteiger partial charge on any atom is -0.246 e. The number of hydrogen-bond acceptors (Lipinski definition) is 4. The van der Waals surface area contributed by atoms with Crippen molar-refractivity contribution in [1.29, 1.82) is 0 Å². The largest absolute Gasteiger partial charge is 0.246 e. The van der Waals surface area contributed by atoms with Crippen LogP contribution in [0, 0.1) is 0 Å². The quantitative estimate of drug-likeness (QED) is 0.849. The number of rotatable bonds is 6. The van der Waals surface area contributed by atoms with Gasteiger partial charge >= 0.3 is 0 Å². The number of thiazole rings is 1. The molecule has 6 heteroatoms. The van der Waals surface area contributed by atoms with Gasteiger partial charge < -0.3 is 0 Å². The van der Waals surface area contributed by atoms with Gasteiger partial charge in [-0.25, -0.2) is 18.1 Å². The molecular weight excluding hydrogens is 244 g/mol. The van der Waals surface area contributed by atoms with Crippen molar-refractivity contribution in [2.45, 2.75) is 26.2 Å². The fourth-order valence-corrected chi connectivity index (χ4v) is 2.53. The van der Waals surface area contributed by atoms with Crippen molar-refractivity contribution < 1.29 is 8.42 Å². The zero-order valence-electron chi connectivity index (χ0n) is 9.43. The first-order valence-electron chi connectivity index (χ1n) is 5.01. The van der Waals surface area contributed by atoms with Gasteiger partial charge in [0.15, 0.2) is 0 Å². The summed E-state index contributed by atoms with van der Waals surface area (Å²) < 4.78 is 24.5. The molecule has 1 aromatic heterocycles. The molecule has 0 fully saturated rings. The van der Waals surface area contributed by atoms with Crippen LogP contribution in [0.15, 0.2) is 17.4 Å². The van der Waals surface area contributed by atoms with Gasteiger partial charge in [-0.2, -0.15) is 0 Å². The first-order valence-corrected chi connectivity index (χ1v) is 7.43. The number of sulfonamides is 1. The molecule has 0 unspecified atom stereocenters. The summed E-state index contributed by atoms with van der Waals surface area (Å²) in [5.74, 6) is 0.412. The summed E-state index contributed by atoms with van der Waals surface area (Å²) in [6, 6.07) is 0. The van der Waals surface area contributed by atoms with Gasteiger partial charge in [0, 0.05) is 23.8 Å². The minimum absolute atomic E-state index is 0.361. The monoisotopic (exact) mass is 260 g/mol. The Kier molecular flexibility index (Phi) is 4.64. The van der Waals surface area contributed by atoms with E-state index in [4.69, 9.17) is 0 Å². The molecule has 1 N–H and O–H groups in total. The average molecular weight is 260 g/mol. The second kappa shape index (κ2) is 5.56. The van der Waals surface area contributed by atoms with Crippen molar-refractivity contribution in [3.63, 3.8) is 0 Å². The van der Waals surface area contributed by atoms with Crippen molar-refractivity contribution in [1.82, 2.24) is 9.71 Å². The smallest absolute Gasteiger partial charge is 0.233 e. The van der Waals surface area contributed by atoms with Crippen molar-refractivity contribution in [3.05, 3.63) is 28.1 Å². The van der Waals surface area contributed by atoms with E-state index in [1.807, 2.05) is 5.38 Å². The molecule has 0 amide bonds. The van der Waals surface area contributed by atoms with Gasteiger partial charge in [0.05, 0.1) is 10.7 Å². The van der Waals surface area contributed by atoms with Gasteiger partial charge in [0.25, 0.3) is 0 Å². The third kappa shape index (κ3) is 4.03. The highest BCUT2D eigenvalue weighted by Gasteiger charge is 2.07. The molecule has 1 rings (SSSR count). The van der Waals surface area contributed by atoms with Crippen LogP contribution in [0.4, 0.5) is 0 Å². The van der Waals surface area contributed by atoms with E-state index >= 15 is 0 Å². The van der Waals surface area contributed by atoms with E-state index in [0.717, 1.165) is 16.1 Å². The Morgan fingerprint density at radius 1 is 1.62 bits per heavy atom. The first-order chi connectivity index (χ1) is 7.44. The summed E-state index contributed by atoms with van der Waals surface area (Å²) >= 11 is 1.56. The summed E-state index contributed by atoms with van der Waals surface area (Å²) in [7, 11) is -3.31. The van der Waals surface area contributed by atoms with Crippen LogP contribution in [-0.2, 0) is 16.4 Å². The topological polar surface area (TPSA) is 59.1 Å². The first kappa shape index (κ1) is 13.3. The summed E-state index contributed by atoms with van der Waals surface area (Å²) in [5, 5.41) is 3.88. The van der Waals surface area contributed by atoms with Crippen molar-refractivity contribution >= 4 is 21.4 Å². The van der Waals surface area contributed by atoms with E-state index in [-0.39, 0.29) is 0 Å². The minimum atomic E-state index is -3.31. The van der Waals surface area contributed by atoms with Crippen LogP contribution in [0.5, 0.6) is 0 Å². The molecule has 0 aromatic carbocycles. The predicted octanol–water partition coefficient (Wildman–Crippen LogP) is 1.87. The third-order valence-electron chi connectivity index (χ3n) is 2.02. The highest BCUT2D eigenvalue weighted by Crippen LogP contribution is 2.17.